The van der Waals surface area contributed by atoms with Crippen molar-refractivity contribution in [1.29, 1.82) is 0 Å². The Bertz CT molecular complexity index is 941. The van der Waals surface area contributed by atoms with E-state index in [1.807, 2.05) is 32.0 Å². The molecule has 0 saturated heterocycles. The maximum atomic E-state index is 13.4. The third-order valence-electron chi connectivity index (χ3n) is 4.80. The van der Waals surface area contributed by atoms with E-state index < -0.39 is 11.9 Å². The molecule has 1 aliphatic rings. The summed E-state index contributed by atoms with van der Waals surface area (Å²) in [6.45, 7) is 5.72. The van der Waals surface area contributed by atoms with E-state index in [1.54, 1.807) is 19.1 Å². The molecule has 0 radical (unpaired) electrons. The molecule has 0 bridgehead atoms. The van der Waals surface area contributed by atoms with Gasteiger partial charge in [-0.3, -0.25) is 14.6 Å². The van der Waals surface area contributed by atoms with Gasteiger partial charge < -0.3 is 10.1 Å². The summed E-state index contributed by atoms with van der Waals surface area (Å²) in [5.74, 6) is -3.39. The number of fused-ring (bicyclic) bond motifs is 1. The van der Waals surface area contributed by atoms with Crippen molar-refractivity contribution in [2.24, 2.45) is 0 Å². The molecule has 3 rings (SSSR count). The zero-order valence-electron chi connectivity index (χ0n) is 17.8. The van der Waals surface area contributed by atoms with Crippen LogP contribution in [0.15, 0.2) is 36.5 Å². The topological polar surface area (TPSA) is 68.3 Å². The first-order chi connectivity index (χ1) is 14.3. The molecule has 1 unspecified atom stereocenters. The van der Waals surface area contributed by atoms with Crippen molar-refractivity contribution in [2.45, 2.75) is 58.4 Å². The number of para-hydroxylation sites is 1. The quantitative estimate of drug-likeness (QED) is 0.683. The van der Waals surface area contributed by atoms with Crippen molar-refractivity contribution >= 4 is 28.4 Å². The molecule has 1 amide bonds. The molecule has 0 saturated carbocycles. The minimum absolute atomic E-state index is 0.0756. The largest absolute Gasteiger partial charge is 0.469 e. The molecule has 1 N–H and O–H groups in total. The normalized spacial score (nSPS) is 16.0. The zero-order valence-corrected chi connectivity index (χ0v) is 17.8. The van der Waals surface area contributed by atoms with Crippen LogP contribution in [0.25, 0.3) is 16.5 Å². The first-order valence-electron chi connectivity index (χ1n) is 10.1. The van der Waals surface area contributed by atoms with Crippen molar-refractivity contribution in [3.05, 3.63) is 47.7 Å². The number of aromatic nitrogens is 1. The van der Waals surface area contributed by atoms with Gasteiger partial charge in [0.25, 0.3) is 11.8 Å². The fourth-order valence-electron chi connectivity index (χ4n) is 3.27. The summed E-state index contributed by atoms with van der Waals surface area (Å²) in [6.07, 6.45) is 2.97. The second kappa shape index (κ2) is 10.3. The van der Waals surface area contributed by atoms with Crippen LogP contribution >= 0.6 is 0 Å². The molecule has 5 nitrogen and oxygen atoms in total. The van der Waals surface area contributed by atoms with Crippen LogP contribution in [0.4, 0.5) is 8.78 Å². The second-order valence-electron chi connectivity index (χ2n) is 7.05. The van der Waals surface area contributed by atoms with Crippen LogP contribution in [-0.4, -0.2) is 35.9 Å². The number of rotatable bonds is 5. The number of ether oxygens (including phenoxy) is 1. The van der Waals surface area contributed by atoms with Crippen LogP contribution in [0.3, 0.4) is 0 Å². The monoisotopic (exact) mass is 418 g/mol. The molecular formula is C23H28F2N2O3. The Kier molecular flexibility index (Phi) is 8.03. The number of halogens is 2. The third kappa shape index (κ3) is 5.84. The fourth-order valence-corrected chi connectivity index (χ4v) is 3.27. The molecule has 0 spiro atoms. The first kappa shape index (κ1) is 23.4. The van der Waals surface area contributed by atoms with Gasteiger partial charge in [0, 0.05) is 36.0 Å². The molecule has 162 valence electrons. The predicted octanol–water partition coefficient (Wildman–Crippen LogP) is 5.15. The molecule has 1 atom stereocenters. The van der Waals surface area contributed by atoms with Crippen LogP contribution < -0.4 is 5.32 Å². The van der Waals surface area contributed by atoms with E-state index in [9.17, 15) is 18.4 Å². The lowest BCUT2D eigenvalue weighted by Gasteiger charge is -2.22. The average Bonchev–Trinajstić information content (AvgIpc) is 2.74. The molecule has 1 aliphatic carbocycles. The van der Waals surface area contributed by atoms with E-state index in [-0.39, 0.29) is 31.2 Å². The van der Waals surface area contributed by atoms with Gasteiger partial charge in [-0.2, -0.15) is 0 Å². The Morgan fingerprint density at radius 1 is 1.30 bits per heavy atom. The van der Waals surface area contributed by atoms with E-state index in [4.69, 9.17) is 0 Å². The van der Waals surface area contributed by atoms with Gasteiger partial charge in [0.05, 0.1) is 24.6 Å². The smallest absolute Gasteiger partial charge is 0.307 e. The number of carbonyl (C=O) groups is 2. The van der Waals surface area contributed by atoms with E-state index in [1.165, 1.54) is 13.3 Å². The minimum Gasteiger partial charge on any atom is -0.469 e. The zero-order chi connectivity index (χ0) is 22.3. The van der Waals surface area contributed by atoms with Crippen molar-refractivity contribution in [1.82, 2.24) is 10.3 Å². The lowest BCUT2D eigenvalue weighted by molar-refractivity contribution is -0.141. The molecule has 1 aromatic heterocycles. The van der Waals surface area contributed by atoms with Gasteiger partial charge in [0.15, 0.2) is 0 Å². The number of alkyl halides is 2. The molecule has 0 fully saturated rings. The van der Waals surface area contributed by atoms with E-state index >= 15 is 0 Å². The number of nitrogens with zero attached hydrogens (tertiary/aromatic N) is 1. The second-order valence-corrected chi connectivity index (χ2v) is 7.05. The van der Waals surface area contributed by atoms with Gasteiger partial charge in [-0.1, -0.05) is 38.1 Å². The van der Waals surface area contributed by atoms with Gasteiger partial charge in [0.2, 0.25) is 0 Å². The third-order valence-corrected chi connectivity index (χ3v) is 4.80. The van der Waals surface area contributed by atoms with Crippen molar-refractivity contribution in [3.63, 3.8) is 0 Å². The molecule has 1 aromatic carbocycles. The summed E-state index contributed by atoms with van der Waals surface area (Å²) in [5, 5.41) is 3.49. The number of nitrogens with one attached hydrogen (secondary N) is 1. The highest BCUT2D eigenvalue weighted by molar-refractivity contribution is 5.99. The maximum Gasteiger partial charge on any atom is 0.307 e. The molecule has 0 aliphatic heterocycles. The lowest BCUT2D eigenvalue weighted by atomic mass is 9.90. The first-order valence-corrected chi connectivity index (χ1v) is 10.1. The summed E-state index contributed by atoms with van der Waals surface area (Å²) in [5.41, 5.74) is 2.72. The number of amides is 1. The average molecular weight is 418 g/mol. The van der Waals surface area contributed by atoms with Gasteiger partial charge >= 0.3 is 5.97 Å². The number of hydrogen-bond acceptors (Lipinski definition) is 4. The summed E-state index contributed by atoms with van der Waals surface area (Å²) in [4.78, 5) is 28.2. The van der Waals surface area contributed by atoms with E-state index in [0.29, 0.717) is 17.5 Å². The van der Waals surface area contributed by atoms with Crippen LogP contribution in [0.5, 0.6) is 0 Å². The molecule has 7 heteroatoms. The number of benzene rings is 1. The minimum atomic E-state index is -2.65. The lowest BCUT2D eigenvalue weighted by Crippen LogP contribution is -2.34. The van der Waals surface area contributed by atoms with Gasteiger partial charge in [-0.05, 0) is 25.0 Å². The Balaban J connectivity index is 0.00000155. The predicted molar refractivity (Wildman–Crippen MR) is 113 cm³/mol. The maximum absolute atomic E-state index is 13.4. The van der Waals surface area contributed by atoms with Crippen LogP contribution in [0.1, 0.15) is 62.4 Å². The van der Waals surface area contributed by atoms with Crippen LogP contribution in [0, 0.1) is 0 Å². The summed E-state index contributed by atoms with van der Waals surface area (Å²) in [6, 6.07) is 6.86. The van der Waals surface area contributed by atoms with Gasteiger partial charge in [-0.15, -0.1) is 0 Å². The Morgan fingerprint density at radius 3 is 2.67 bits per heavy atom. The molecule has 30 heavy (non-hydrogen) atoms. The summed E-state index contributed by atoms with van der Waals surface area (Å²) in [7, 11) is 1.30. The van der Waals surface area contributed by atoms with Gasteiger partial charge in [-0.25, -0.2) is 8.78 Å². The Hall–Kier alpha value is -2.83. The Labute approximate surface area is 175 Å². The van der Waals surface area contributed by atoms with Crippen LogP contribution in [0.2, 0.25) is 0 Å². The fraction of sp³-hybridized carbons (Fsp3) is 0.435. The number of pyridine rings is 1. The number of methoxy groups -OCH3 is 1. The van der Waals surface area contributed by atoms with E-state index in [0.717, 1.165) is 16.5 Å². The number of hydrogen-bond donors (Lipinski definition) is 1. The summed E-state index contributed by atoms with van der Waals surface area (Å²) >= 11 is 0. The highest BCUT2D eigenvalue weighted by Gasteiger charge is 2.31. The number of esters is 1. The number of carbonyl (C=O) groups excluding carboxylic acids is 2. The van der Waals surface area contributed by atoms with Crippen LogP contribution in [-0.2, 0) is 9.53 Å². The highest BCUT2D eigenvalue weighted by atomic mass is 19.3. The van der Waals surface area contributed by atoms with E-state index in [2.05, 4.69) is 15.0 Å². The highest BCUT2D eigenvalue weighted by Crippen LogP contribution is 2.37. The number of allylic oxidation sites excluding steroid dienone is 2. The summed E-state index contributed by atoms with van der Waals surface area (Å²) < 4.78 is 31.4. The standard InChI is InChI=1S/C21H22F2N2O3.C2H6/c1-13(10-18(26)28-2)25-20(27)16-11-15-4-3-5-17(19(15)24-12-16)14-6-8-21(22,23)9-7-14;1-2/h3-6,11-13H,7-10H2,1-2H3,(H,25,27);1-2H3. The molecule has 2 aromatic rings. The Morgan fingerprint density at radius 2 is 2.03 bits per heavy atom. The molecular weight excluding hydrogens is 390 g/mol. The SMILES string of the molecule is CC.COC(=O)CC(C)NC(=O)c1cnc2c(C3=CCC(F)(F)CC3)cccc2c1. The molecule has 1 heterocycles. The van der Waals surface area contributed by atoms with Crippen molar-refractivity contribution in [3.8, 4) is 0 Å². The van der Waals surface area contributed by atoms with Crippen molar-refractivity contribution in [2.75, 3.05) is 7.11 Å². The van der Waals surface area contributed by atoms with Gasteiger partial charge in [0.1, 0.15) is 0 Å². The van der Waals surface area contributed by atoms with Crippen molar-refractivity contribution < 1.29 is 23.1 Å².